The zero-order valence-corrected chi connectivity index (χ0v) is 15.3. The van der Waals surface area contributed by atoms with E-state index in [1.165, 1.54) is 43.2 Å². The van der Waals surface area contributed by atoms with Crippen LogP contribution < -0.4 is 5.73 Å². The fourth-order valence-corrected chi connectivity index (χ4v) is 7.04. The van der Waals surface area contributed by atoms with Gasteiger partial charge in [-0.3, -0.25) is 0 Å². The van der Waals surface area contributed by atoms with Crippen molar-refractivity contribution >= 4 is 17.2 Å². The Labute approximate surface area is 155 Å². The van der Waals surface area contributed by atoms with Crippen LogP contribution in [0, 0.1) is 23.2 Å². The van der Waals surface area contributed by atoms with Gasteiger partial charge in [0.25, 0.3) is 0 Å². The van der Waals surface area contributed by atoms with E-state index in [-0.39, 0.29) is 5.41 Å². The van der Waals surface area contributed by atoms with Gasteiger partial charge in [-0.05, 0) is 66.4 Å². The van der Waals surface area contributed by atoms with Gasteiger partial charge in [0.05, 0.1) is 4.99 Å². The molecule has 4 aliphatic rings. The van der Waals surface area contributed by atoms with Crippen molar-refractivity contribution in [3.63, 3.8) is 0 Å². The molecule has 4 saturated carbocycles. The summed E-state index contributed by atoms with van der Waals surface area (Å²) in [4.78, 5) is 0.788. The third-order valence-electron chi connectivity index (χ3n) is 7.57. The summed E-state index contributed by atoms with van der Waals surface area (Å²) in [6, 6.07) is 22.1. The highest BCUT2D eigenvalue weighted by Crippen LogP contribution is 2.73. The monoisotopic (exact) mass is 347 g/mol. The lowest BCUT2D eigenvalue weighted by atomic mass is 9.61. The third-order valence-corrected chi connectivity index (χ3v) is 7.97. The van der Waals surface area contributed by atoms with E-state index in [2.05, 4.69) is 60.7 Å². The second-order valence-corrected chi connectivity index (χ2v) is 9.12. The summed E-state index contributed by atoms with van der Waals surface area (Å²) in [6.45, 7) is 0. The molecule has 2 aromatic rings. The SMILES string of the molecule is NC(=S)C12CC3CC(c4ccccc4)(CC1[C@H]3Cc1ccccc1)C2. The first-order valence-electron chi connectivity index (χ1n) is 9.52. The maximum absolute atomic E-state index is 6.38. The molecule has 0 heterocycles. The van der Waals surface area contributed by atoms with Gasteiger partial charge in [0.15, 0.2) is 0 Å². The summed E-state index contributed by atoms with van der Waals surface area (Å²) in [5, 5.41) is 0. The Morgan fingerprint density at radius 2 is 1.64 bits per heavy atom. The number of hydrogen-bond donors (Lipinski definition) is 1. The molecule has 4 fully saturated rings. The van der Waals surface area contributed by atoms with Crippen LogP contribution in [0.3, 0.4) is 0 Å². The van der Waals surface area contributed by atoms with Gasteiger partial charge in [-0.1, -0.05) is 72.9 Å². The van der Waals surface area contributed by atoms with Crippen LogP contribution in [-0.2, 0) is 11.8 Å². The zero-order chi connectivity index (χ0) is 17.1. The highest BCUT2D eigenvalue weighted by Gasteiger charge is 2.68. The van der Waals surface area contributed by atoms with Crippen LogP contribution in [0.25, 0.3) is 0 Å². The van der Waals surface area contributed by atoms with E-state index in [1.54, 1.807) is 0 Å². The summed E-state index contributed by atoms with van der Waals surface area (Å²) < 4.78 is 0. The fourth-order valence-electron chi connectivity index (χ4n) is 6.73. The first-order valence-corrected chi connectivity index (χ1v) is 9.93. The largest absolute Gasteiger partial charge is 0.393 e. The highest BCUT2D eigenvalue weighted by atomic mass is 32.1. The molecule has 0 saturated heterocycles. The molecule has 5 atom stereocenters. The van der Waals surface area contributed by atoms with Crippen molar-refractivity contribution in [3.8, 4) is 0 Å². The predicted octanol–water partition coefficient (Wildman–Crippen LogP) is 4.89. The molecule has 4 bridgehead atoms. The molecule has 25 heavy (non-hydrogen) atoms. The molecular formula is C23H25NS. The Balaban J connectivity index is 1.52. The van der Waals surface area contributed by atoms with Gasteiger partial charge in [-0.25, -0.2) is 0 Å². The van der Waals surface area contributed by atoms with Gasteiger partial charge in [-0.2, -0.15) is 0 Å². The minimum absolute atomic E-state index is 0.105. The second-order valence-electron chi connectivity index (χ2n) is 8.68. The molecule has 2 aromatic carbocycles. The number of hydrogen-bond acceptors (Lipinski definition) is 1. The van der Waals surface area contributed by atoms with Gasteiger partial charge in [-0.15, -0.1) is 0 Å². The average Bonchev–Trinajstić information content (AvgIpc) is 3.01. The minimum atomic E-state index is 0.105. The van der Waals surface area contributed by atoms with Crippen molar-refractivity contribution in [2.45, 2.75) is 37.5 Å². The van der Waals surface area contributed by atoms with Crippen LogP contribution in [-0.4, -0.2) is 4.99 Å². The number of rotatable bonds is 4. The number of thiocarbonyl (C=S) groups is 1. The van der Waals surface area contributed by atoms with Gasteiger partial charge in [0.2, 0.25) is 0 Å². The lowest BCUT2D eigenvalue weighted by Crippen LogP contribution is -2.40. The summed E-state index contributed by atoms with van der Waals surface area (Å²) in [5.41, 5.74) is 9.78. The molecule has 128 valence electrons. The van der Waals surface area contributed by atoms with Crippen LogP contribution in [0.4, 0.5) is 0 Å². The van der Waals surface area contributed by atoms with E-state index in [1.807, 2.05) is 0 Å². The number of benzene rings is 2. The molecule has 1 nitrogen and oxygen atoms in total. The maximum Gasteiger partial charge on any atom is 0.0793 e. The highest BCUT2D eigenvalue weighted by molar-refractivity contribution is 7.80. The summed E-state index contributed by atoms with van der Waals surface area (Å²) in [7, 11) is 0. The van der Waals surface area contributed by atoms with Crippen LogP contribution in [0.1, 0.15) is 36.8 Å². The Morgan fingerprint density at radius 3 is 2.32 bits per heavy atom. The average molecular weight is 348 g/mol. The first kappa shape index (κ1) is 15.6. The quantitative estimate of drug-likeness (QED) is 0.797. The van der Waals surface area contributed by atoms with Gasteiger partial charge in [0.1, 0.15) is 0 Å². The molecule has 0 radical (unpaired) electrons. The van der Waals surface area contributed by atoms with Crippen LogP contribution in [0.2, 0.25) is 0 Å². The van der Waals surface area contributed by atoms with Crippen LogP contribution in [0.15, 0.2) is 60.7 Å². The smallest absolute Gasteiger partial charge is 0.0793 e. The van der Waals surface area contributed by atoms with E-state index in [0.717, 1.165) is 16.8 Å². The minimum Gasteiger partial charge on any atom is -0.393 e. The Bertz CT molecular complexity index is 801. The first-order chi connectivity index (χ1) is 12.1. The van der Waals surface area contributed by atoms with Crippen molar-refractivity contribution in [2.75, 3.05) is 0 Å². The molecule has 2 N–H and O–H groups in total. The van der Waals surface area contributed by atoms with Crippen molar-refractivity contribution in [1.29, 1.82) is 0 Å². The summed E-state index contributed by atoms with van der Waals surface area (Å²) in [5.74, 6) is 2.15. The Morgan fingerprint density at radius 1 is 0.960 bits per heavy atom. The molecule has 0 amide bonds. The summed E-state index contributed by atoms with van der Waals surface area (Å²) >= 11 is 5.65. The van der Waals surface area contributed by atoms with E-state index in [4.69, 9.17) is 18.0 Å². The molecule has 0 aromatic heterocycles. The van der Waals surface area contributed by atoms with Crippen LogP contribution in [0.5, 0.6) is 0 Å². The Hall–Kier alpha value is -1.67. The molecular weight excluding hydrogens is 322 g/mol. The van der Waals surface area contributed by atoms with Gasteiger partial charge < -0.3 is 5.73 Å². The van der Waals surface area contributed by atoms with E-state index in [0.29, 0.717) is 11.3 Å². The Kier molecular flexibility index (Phi) is 3.37. The normalized spacial score (nSPS) is 38.2. The molecule has 0 spiro atoms. The van der Waals surface area contributed by atoms with Crippen molar-refractivity contribution in [3.05, 3.63) is 71.8 Å². The second kappa shape index (κ2) is 5.41. The van der Waals surface area contributed by atoms with E-state index in [9.17, 15) is 0 Å². The topological polar surface area (TPSA) is 26.0 Å². The van der Waals surface area contributed by atoms with Crippen LogP contribution >= 0.6 is 12.2 Å². The molecule has 4 aliphatic carbocycles. The van der Waals surface area contributed by atoms with E-state index >= 15 is 0 Å². The maximum atomic E-state index is 6.38. The fraction of sp³-hybridized carbons (Fsp3) is 0.435. The van der Waals surface area contributed by atoms with Crippen molar-refractivity contribution in [2.24, 2.45) is 28.9 Å². The zero-order valence-electron chi connectivity index (χ0n) is 14.5. The lowest BCUT2D eigenvalue weighted by Gasteiger charge is -2.43. The molecule has 2 heteroatoms. The molecule has 6 rings (SSSR count). The number of nitrogens with two attached hydrogens (primary N) is 1. The standard InChI is InChI=1S/C23H25NS/c24-21(25)23-13-17-12-22(15-23,18-9-5-2-6-10-18)14-20(23)19(17)11-16-7-3-1-4-8-16/h1-10,17,19-20H,11-15H2,(H2,24,25)/t17?,19-,20?,22?,23?/m0/s1. The lowest BCUT2D eigenvalue weighted by molar-refractivity contribution is 0.163. The molecule has 4 unspecified atom stereocenters. The van der Waals surface area contributed by atoms with Crippen molar-refractivity contribution < 1.29 is 0 Å². The summed E-state index contributed by atoms with van der Waals surface area (Å²) in [6.07, 6.45) is 6.16. The van der Waals surface area contributed by atoms with Gasteiger partial charge >= 0.3 is 0 Å². The molecule has 0 aliphatic heterocycles. The third kappa shape index (κ3) is 2.16. The van der Waals surface area contributed by atoms with Crippen molar-refractivity contribution in [1.82, 2.24) is 0 Å². The predicted molar refractivity (Wildman–Crippen MR) is 106 cm³/mol. The van der Waals surface area contributed by atoms with E-state index < -0.39 is 0 Å². The van der Waals surface area contributed by atoms with Gasteiger partial charge in [0, 0.05) is 5.41 Å².